The van der Waals surface area contributed by atoms with Crippen molar-refractivity contribution in [3.05, 3.63) is 64.3 Å². The molecule has 2 aromatic heterocycles. The highest BCUT2D eigenvalue weighted by Crippen LogP contribution is 2.31. The van der Waals surface area contributed by atoms with Gasteiger partial charge in [0, 0.05) is 29.8 Å². The third-order valence-corrected chi connectivity index (χ3v) is 9.23. The smallest absolute Gasteiger partial charge is 0.270 e. The van der Waals surface area contributed by atoms with Crippen LogP contribution in [-0.2, 0) is 36.1 Å². The molecule has 1 aliphatic carbocycles. The molecule has 0 radical (unpaired) electrons. The molecule has 0 saturated heterocycles. The van der Waals surface area contributed by atoms with Crippen molar-refractivity contribution >= 4 is 38.1 Å². The van der Waals surface area contributed by atoms with Gasteiger partial charge in [-0.3, -0.25) is 9.19 Å². The molecule has 0 bridgehead atoms. The maximum absolute atomic E-state index is 13.9. The molecule has 2 atom stereocenters. The van der Waals surface area contributed by atoms with Gasteiger partial charge in [-0.15, -0.1) is 0 Å². The van der Waals surface area contributed by atoms with Gasteiger partial charge in [-0.1, -0.05) is 12.2 Å². The lowest BCUT2D eigenvalue weighted by atomic mass is 10.1. The van der Waals surface area contributed by atoms with Gasteiger partial charge in [0.1, 0.15) is 17.8 Å². The van der Waals surface area contributed by atoms with Crippen LogP contribution in [0.5, 0.6) is 11.5 Å². The van der Waals surface area contributed by atoms with E-state index in [1.807, 2.05) is 13.8 Å². The van der Waals surface area contributed by atoms with Crippen LogP contribution in [0.25, 0.3) is 11.0 Å². The Kier molecular flexibility index (Phi) is 8.44. The number of carbonyl (C=O) groups is 1. The Bertz CT molecular complexity index is 1560. The summed E-state index contributed by atoms with van der Waals surface area (Å²) in [5, 5.41) is -0.118. The first kappa shape index (κ1) is 27.7. The Hall–Kier alpha value is -3.35. The van der Waals surface area contributed by atoms with Gasteiger partial charge in [0.25, 0.3) is 10.0 Å². The largest absolute Gasteiger partial charge is 0.497 e. The van der Waals surface area contributed by atoms with E-state index in [4.69, 9.17) is 14.2 Å². The molecule has 0 N–H and O–H groups in total. The zero-order chi connectivity index (χ0) is 27.4. The molecule has 10 nitrogen and oxygen atoms in total. The maximum atomic E-state index is 13.9. The fourth-order valence-corrected chi connectivity index (χ4v) is 7.32. The molecule has 3 aromatic rings. The third kappa shape index (κ3) is 5.42. The number of rotatable bonds is 11. The molecule has 0 saturated carbocycles. The lowest BCUT2D eigenvalue weighted by Crippen LogP contribution is -2.21. The first-order chi connectivity index (χ1) is 18.2. The van der Waals surface area contributed by atoms with E-state index in [0.29, 0.717) is 29.1 Å². The number of benzene rings is 1. The molecule has 1 aromatic carbocycles. The number of carbonyl (C=O) groups excluding carboxylic acids is 1. The zero-order valence-electron chi connectivity index (χ0n) is 21.5. The van der Waals surface area contributed by atoms with Crippen LogP contribution < -0.4 is 9.47 Å². The predicted molar refractivity (Wildman–Crippen MR) is 143 cm³/mol. The molecule has 0 fully saturated rings. The molecular weight excluding hydrogens is 530 g/mol. The molecule has 2 heterocycles. The quantitative estimate of drug-likeness (QED) is 0.257. The summed E-state index contributed by atoms with van der Waals surface area (Å²) in [7, 11) is -2.99. The van der Waals surface area contributed by atoms with Crippen LogP contribution in [0, 0.1) is 13.8 Å². The average Bonchev–Trinajstić information content (AvgIpc) is 3.31. The van der Waals surface area contributed by atoms with Crippen molar-refractivity contribution in [3.8, 4) is 11.5 Å². The van der Waals surface area contributed by atoms with Gasteiger partial charge in [0.15, 0.2) is 0 Å². The number of allylic oxidation sites excluding steroid dienone is 1. The van der Waals surface area contributed by atoms with Crippen molar-refractivity contribution in [1.82, 2.24) is 13.9 Å². The number of aldehydes is 1. The molecule has 12 heteroatoms. The van der Waals surface area contributed by atoms with E-state index in [9.17, 15) is 17.4 Å². The van der Waals surface area contributed by atoms with Gasteiger partial charge in [0.2, 0.25) is 5.16 Å². The fraction of sp³-hybridized carbons (Fsp3) is 0.346. The van der Waals surface area contributed by atoms with Crippen molar-refractivity contribution in [2.45, 2.75) is 43.7 Å². The molecule has 202 valence electrons. The van der Waals surface area contributed by atoms with Gasteiger partial charge in [-0.05, 0) is 38.5 Å². The van der Waals surface area contributed by atoms with E-state index in [1.165, 1.54) is 13.2 Å². The highest BCUT2D eigenvalue weighted by Gasteiger charge is 2.30. The number of pyridine rings is 1. The second-order valence-corrected chi connectivity index (χ2v) is 11.8. The lowest BCUT2D eigenvalue weighted by molar-refractivity contribution is -0.109. The standard InChI is InChI=1S/C26H29N3O7S2/c1-17-15-27-23(18(2)25(17)35-4)16-37(31)26-28-22-14-20(34-3)8-11-24(22)29(26)38(32,33)21-9-6-19(7-10-21)36-13-5-12-30/h6,8-12,14-15,19H,5,7,13,16H2,1-4H3/t19?,37-/m0/s1. The minimum absolute atomic E-state index is 0.0346. The molecule has 1 aliphatic rings. The SMILES string of the molecule is COc1ccc2c(c1)nc([S@@](=O)Cc1ncc(C)c(OC)c1C)n2S(=O)(=O)C1=CCC(OCCC=O)C=C1. The van der Waals surface area contributed by atoms with Crippen molar-refractivity contribution in [1.29, 1.82) is 0 Å². The molecule has 0 amide bonds. The molecule has 0 aliphatic heterocycles. The number of aryl methyl sites for hydroxylation is 1. The topological polar surface area (TPSA) is 127 Å². The molecule has 0 spiro atoms. The van der Waals surface area contributed by atoms with E-state index < -0.39 is 20.8 Å². The van der Waals surface area contributed by atoms with Crippen LogP contribution >= 0.6 is 0 Å². The number of hydrogen-bond donors (Lipinski definition) is 0. The monoisotopic (exact) mass is 559 g/mol. The zero-order valence-corrected chi connectivity index (χ0v) is 23.2. The number of methoxy groups -OCH3 is 2. The van der Waals surface area contributed by atoms with Crippen LogP contribution in [0.4, 0.5) is 0 Å². The number of ether oxygens (including phenoxy) is 3. The summed E-state index contributed by atoms with van der Waals surface area (Å²) in [6, 6.07) is 4.81. The second-order valence-electron chi connectivity index (χ2n) is 8.62. The summed E-state index contributed by atoms with van der Waals surface area (Å²) < 4.78 is 58.8. The lowest BCUT2D eigenvalue weighted by Gasteiger charge is -2.18. The Labute approximate surface area is 223 Å². The molecule has 4 rings (SSSR count). The van der Waals surface area contributed by atoms with Gasteiger partial charge < -0.3 is 19.0 Å². The maximum Gasteiger partial charge on any atom is 0.270 e. The van der Waals surface area contributed by atoms with Crippen molar-refractivity contribution in [2.75, 3.05) is 20.8 Å². The summed E-state index contributed by atoms with van der Waals surface area (Å²) >= 11 is 0. The minimum atomic E-state index is -4.17. The van der Waals surface area contributed by atoms with Crippen molar-refractivity contribution in [2.24, 2.45) is 0 Å². The Morgan fingerprint density at radius 2 is 2.00 bits per heavy atom. The van der Waals surface area contributed by atoms with Crippen molar-refractivity contribution in [3.63, 3.8) is 0 Å². The van der Waals surface area contributed by atoms with Crippen molar-refractivity contribution < 1.29 is 31.6 Å². The van der Waals surface area contributed by atoms with Crippen LogP contribution in [0.1, 0.15) is 29.7 Å². The summed E-state index contributed by atoms with van der Waals surface area (Å²) in [6.45, 7) is 3.94. The van der Waals surface area contributed by atoms with E-state index in [1.54, 1.807) is 43.7 Å². The summed E-state index contributed by atoms with van der Waals surface area (Å²) in [6.07, 6.45) is 7.30. The Morgan fingerprint density at radius 1 is 1.21 bits per heavy atom. The predicted octanol–water partition coefficient (Wildman–Crippen LogP) is 3.37. The number of hydrogen-bond acceptors (Lipinski definition) is 9. The summed E-state index contributed by atoms with van der Waals surface area (Å²) in [5.41, 5.74) is 2.70. The summed E-state index contributed by atoms with van der Waals surface area (Å²) in [5.74, 6) is 1.07. The van der Waals surface area contributed by atoms with Gasteiger partial charge in [-0.25, -0.2) is 17.4 Å². The fourth-order valence-electron chi connectivity index (χ4n) is 4.19. The average molecular weight is 560 g/mol. The highest BCUT2D eigenvalue weighted by atomic mass is 32.2. The minimum Gasteiger partial charge on any atom is -0.497 e. The number of nitrogens with zero attached hydrogens (tertiary/aromatic N) is 3. The van der Waals surface area contributed by atoms with Gasteiger partial charge in [-0.2, -0.15) is 0 Å². The van der Waals surface area contributed by atoms with Crippen LogP contribution in [-0.4, -0.2) is 59.8 Å². The number of aromatic nitrogens is 3. The van der Waals surface area contributed by atoms with E-state index in [-0.39, 0.29) is 40.5 Å². The van der Waals surface area contributed by atoms with Gasteiger partial charge >= 0.3 is 0 Å². The second kappa shape index (κ2) is 11.6. The third-order valence-electron chi connectivity index (χ3n) is 6.14. The molecule has 1 unspecified atom stereocenters. The Balaban J connectivity index is 1.75. The van der Waals surface area contributed by atoms with E-state index in [2.05, 4.69) is 9.97 Å². The summed E-state index contributed by atoms with van der Waals surface area (Å²) in [4.78, 5) is 19.5. The first-order valence-corrected chi connectivity index (χ1v) is 14.6. The first-order valence-electron chi connectivity index (χ1n) is 11.8. The van der Waals surface area contributed by atoms with Crippen LogP contribution in [0.15, 0.2) is 52.7 Å². The highest BCUT2D eigenvalue weighted by molar-refractivity contribution is 7.94. The van der Waals surface area contributed by atoms with E-state index in [0.717, 1.165) is 21.4 Å². The number of imidazole rings is 1. The van der Waals surface area contributed by atoms with Gasteiger partial charge in [0.05, 0.1) is 65.1 Å². The normalized spacial score (nSPS) is 16.3. The Morgan fingerprint density at radius 3 is 2.66 bits per heavy atom. The molecule has 38 heavy (non-hydrogen) atoms. The van der Waals surface area contributed by atoms with E-state index >= 15 is 0 Å². The van der Waals surface area contributed by atoms with Crippen LogP contribution in [0.2, 0.25) is 0 Å². The molecular formula is C26H29N3O7S2. The van der Waals surface area contributed by atoms with Crippen LogP contribution in [0.3, 0.4) is 0 Å². The number of fused-ring (bicyclic) bond motifs is 1.